The first-order chi connectivity index (χ1) is 7.69. The topological polar surface area (TPSA) is 61.9 Å². The van der Waals surface area contributed by atoms with E-state index in [1.54, 1.807) is 0 Å². The van der Waals surface area contributed by atoms with Crippen molar-refractivity contribution < 1.29 is 4.42 Å². The number of hydrogen-bond donors (Lipinski definition) is 1. The monoisotopic (exact) mass is 215 g/mol. The second-order valence-electron chi connectivity index (χ2n) is 3.77. The minimum Gasteiger partial charge on any atom is -0.441 e. The van der Waals surface area contributed by atoms with Gasteiger partial charge in [-0.15, -0.1) is 0 Å². The number of nitriles is 1. The summed E-state index contributed by atoms with van der Waals surface area (Å²) >= 11 is 0. The Balaban J connectivity index is 2.16. The Morgan fingerprint density at radius 1 is 1.56 bits per heavy atom. The third-order valence-corrected chi connectivity index (χ3v) is 2.36. The zero-order valence-corrected chi connectivity index (χ0v) is 9.32. The number of oxazole rings is 1. The first-order valence-electron chi connectivity index (χ1n) is 5.18. The van der Waals surface area contributed by atoms with Crippen LogP contribution >= 0.6 is 0 Å². The van der Waals surface area contributed by atoms with E-state index in [9.17, 15) is 0 Å². The summed E-state index contributed by atoms with van der Waals surface area (Å²) in [4.78, 5) is 4.26. The van der Waals surface area contributed by atoms with E-state index >= 15 is 0 Å². The van der Waals surface area contributed by atoms with E-state index in [0.29, 0.717) is 12.4 Å². The minimum absolute atomic E-state index is 0.144. The summed E-state index contributed by atoms with van der Waals surface area (Å²) in [6, 6.07) is 7.84. The molecule has 1 N–H and O–H groups in total. The summed E-state index contributed by atoms with van der Waals surface area (Å²) in [6.45, 7) is 4.32. The van der Waals surface area contributed by atoms with Gasteiger partial charge < -0.3 is 4.42 Å². The molecule has 0 amide bonds. The van der Waals surface area contributed by atoms with Gasteiger partial charge in [0, 0.05) is 13.5 Å². The minimum atomic E-state index is -0.144. The van der Waals surface area contributed by atoms with Gasteiger partial charge in [-0.1, -0.05) is 6.07 Å². The molecule has 16 heavy (non-hydrogen) atoms. The van der Waals surface area contributed by atoms with Gasteiger partial charge in [-0.05, 0) is 24.6 Å². The summed E-state index contributed by atoms with van der Waals surface area (Å²) in [5, 5.41) is 11.7. The molecular weight excluding hydrogens is 202 g/mol. The van der Waals surface area contributed by atoms with Gasteiger partial charge in [0.1, 0.15) is 5.52 Å². The molecule has 0 saturated heterocycles. The number of hydrogen-bond acceptors (Lipinski definition) is 4. The van der Waals surface area contributed by atoms with E-state index in [4.69, 9.17) is 9.68 Å². The molecule has 0 spiro atoms. The number of aryl methyl sites for hydroxylation is 1. The molecule has 0 fully saturated rings. The lowest BCUT2D eigenvalue weighted by molar-refractivity contribution is 0.561. The van der Waals surface area contributed by atoms with Gasteiger partial charge in [-0.2, -0.15) is 5.26 Å². The first kappa shape index (κ1) is 10.7. The summed E-state index contributed by atoms with van der Waals surface area (Å²) in [7, 11) is 0. The molecule has 0 aliphatic heterocycles. The Kier molecular flexibility index (Phi) is 2.88. The van der Waals surface area contributed by atoms with Crippen LogP contribution < -0.4 is 5.32 Å². The molecule has 0 aliphatic rings. The van der Waals surface area contributed by atoms with Crippen LogP contribution in [0.3, 0.4) is 0 Å². The summed E-state index contributed by atoms with van der Waals surface area (Å²) in [5.41, 5.74) is 2.76. The van der Waals surface area contributed by atoms with Crippen LogP contribution in [0.5, 0.6) is 0 Å². The normalized spacial score (nSPS) is 12.6. The molecule has 0 bridgehead atoms. The van der Waals surface area contributed by atoms with Crippen molar-refractivity contribution in [2.45, 2.75) is 26.4 Å². The molecule has 1 heterocycles. The molecule has 0 saturated carbocycles. The van der Waals surface area contributed by atoms with Crippen LogP contribution in [0.2, 0.25) is 0 Å². The van der Waals surface area contributed by atoms with Crippen molar-refractivity contribution in [2.24, 2.45) is 0 Å². The van der Waals surface area contributed by atoms with Crippen LogP contribution in [0.15, 0.2) is 22.6 Å². The van der Waals surface area contributed by atoms with Crippen LogP contribution in [0.4, 0.5) is 0 Å². The molecule has 2 aromatic rings. The molecule has 4 nitrogen and oxygen atoms in total. The van der Waals surface area contributed by atoms with Gasteiger partial charge >= 0.3 is 0 Å². The number of rotatable bonds is 3. The molecule has 82 valence electrons. The van der Waals surface area contributed by atoms with E-state index in [-0.39, 0.29) is 6.04 Å². The van der Waals surface area contributed by atoms with E-state index < -0.39 is 0 Å². The van der Waals surface area contributed by atoms with Crippen molar-refractivity contribution in [1.29, 1.82) is 5.26 Å². The smallest absolute Gasteiger partial charge is 0.192 e. The molecular formula is C12H13N3O. The molecule has 4 heteroatoms. The lowest BCUT2D eigenvalue weighted by atomic mass is 10.2. The third-order valence-electron chi connectivity index (χ3n) is 2.36. The van der Waals surface area contributed by atoms with Crippen LogP contribution in [-0.4, -0.2) is 11.0 Å². The number of nitrogens with one attached hydrogen (secondary N) is 1. The Labute approximate surface area is 93.9 Å². The van der Waals surface area contributed by atoms with Crippen molar-refractivity contribution in [2.75, 3.05) is 0 Å². The van der Waals surface area contributed by atoms with E-state index in [2.05, 4.69) is 16.4 Å². The van der Waals surface area contributed by atoms with E-state index in [0.717, 1.165) is 16.7 Å². The quantitative estimate of drug-likeness (QED) is 0.852. The zero-order chi connectivity index (χ0) is 11.5. The van der Waals surface area contributed by atoms with Crippen LogP contribution in [0.1, 0.15) is 18.4 Å². The van der Waals surface area contributed by atoms with Gasteiger partial charge in [-0.3, -0.25) is 5.32 Å². The number of nitrogens with zero attached hydrogens (tertiary/aromatic N) is 2. The predicted molar refractivity (Wildman–Crippen MR) is 60.7 cm³/mol. The molecule has 1 atom stereocenters. The number of fused-ring (bicyclic) bond motifs is 1. The van der Waals surface area contributed by atoms with E-state index in [1.165, 1.54) is 0 Å². The summed E-state index contributed by atoms with van der Waals surface area (Å²) < 4.78 is 5.39. The second-order valence-corrected chi connectivity index (χ2v) is 3.77. The largest absolute Gasteiger partial charge is 0.441 e. The summed E-state index contributed by atoms with van der Waals surface area (Å²) in [6.07, 6.45) is 0. The lowest BCUT2D eigenvalue weighted by Gasteiger charge is -2.05. The third kappa shape index (κ3) is 2.20. The van der Waals surface area contributed by atoms with E-state index in [1.807, 2.05) is 32.0 Å². The highest BCUT2D eigenvalue weighted by atomic mass is 16.3. The molecule has 0 radical (unpaired) electrons. The fourth-order valence-electron chi connectivity index (χ4n) is 1.51. The Bertz CT molecular complexity index is 539. The summed E-state index contributed by atoms with van der Waals surface area (Å²) in [5.74, 6) is 0.672. The molecule has 1 aromatic heterocycles. The standard InChI is InChI=1S/C12H13N3O/c1-8(6-13)14-7-10-3-4-12-11(5-10)15-9(2)16-12/h3-5,8,14H,7H2,1-2H3. The highest BCUT2D eigenvalue weighted by Crippen LogP contribution is 2.16. The number of benzene rings is 1. The Morgan fingerprint density at radius 3 is 3.12 bits per heavy atom. The number of aromatic nitrogens is 1. The average molecular weight is 215 g/mol. The zero-order valence-electron chi connectivity index (χ0n) is 9.32. The van der Waals surface area contributed by atoms with Crippen molar-refractivity contribution in [3.8, 4) is 6.07 Å². The SMILES string of the molecule is Cc1nc2cc(CNC(C)C#N)ccc2o1. The predicted octanol–water partition coefficient (Wildman–Crippen LogP) is 2.14. The Morgan fingerprint density at radius 2 is 2.38 bits per heavy atom. The van der Waals surface area contributed by atoms with Gasteiger partial charge in [0.25, 0.3) is 0 Å². The fraction of sp³-hybridized carbons (Fsp3) is 0.333. The van der Waals surface area contributed by atoms with Crippen molar-refractivity contribution in [3.63, 3.8) is 0 Å². The lowest BCUT2D eigenvalue weighted by Crippen LogP contribution is -2.23. The first-order valence-corrected chi connectivity index (χ1v) is 5.18. The highest BCUT2D eigenvalue weighted by molar-refractivity contribution is 5.73. The maximum absolute atomic E-state index is 8.65. The van der Waals surface area contributed by atoms with Crippen LogP contribution in [-0.2, 0) is 6.54 Å². The van der Waals surface area contributed by atoms with Gasteiger partial charge in [-0.25, -0.2) is 4.98 Å². The van der Waals surface area contributed by atoms with Gasteiger partial charge in [0.2, 0.25) is 0 Å². The average Bonchev–Trinajstić information content (AvgIpc) is 2.65. The van der Waals surface area contributed by atoms with Crippen LogP contribution in [0.25, 0.3) is 11.1 Å². The maximum atomic E-state index is 8.65. The van der Waals surface area contributed by atoms with Crippen molar-refractivity contribution in [3.05, 3.63) is 29.7 Å². The molecule has 1 aromatic carbocycles. The molecule has 1 unspecified atom stereocenters. The maximum Gasteiger partial charge on any atom is 0.192 e. The van der Waals surface area contributed by atoms with Crippen LogP contribution in [0, 0.1) is 18.3 Å². The Hall–Kier alpha value is -1.86. The highest BCUT2D eigenvalue weighted by Gasteiger charge is 2.04. The fourth-order valence-corrected chi connectivity index (χ4v) is 1.51. The molecule has 0 aliphatic carbocycles. The van der Waals surface area contributed by atoms with Gasteiger partial charge in [0.15, 0.2) is 11.5 Å². The molecule has 2 rings (SSSR count). The van der Waals surface area contributed by atoms with Crippen molar-refractivity contribution >= 4 is 11.1 Å². The van der Waals surface area contributed by atoms with Crippen molar-refractivity contribution in [1.82, 2.24) is 10.3 Å². The second kappa shape index (κ2) is 4.33. The van der Waals surface area contributed by atoms with Gasteiger partial charge in [0.05, 0.1) is 12.1 Å².